The van der Waals surface area contributed by atoms with Gasteiger partial charge in [0.05, 0.1) is 19.7 Å². The molecule has 2 heterocycles. The van der Waals surface area contributed by atoms with Gasteiger partial charge in [-0.1, -0.05) is 17.7 Å². The van der Waals surface area contributed by atoms with Crippen molar-refractivity contribution in [3.8, 4) is 11.5 Å². The van der Waals surface area contributed by atoms with Gasteiger partial charge >= 0.3 is 0 Å². The van der Waals surface area contributed by atoms with Gasteiger partial charge in [-0.2, -0.15) is 0 Å². The van der Waals surface area contributed by atoms with Gasteiger partial charge in [-0.3, -0.25) is 0 Å². The largest absolute Gasteiger partial charge is 0.493 e. The minimum absolute atomic E-state index is 0.673. The third-order valence-electron chi connectivity index (χ3n) is 4.51. The second-order valence-electron chi connectivity index (χ2n) is 5.96. The summed E-state index contributed by atoms with van der Waals surface area (Å²) in [6.07, 6.45) is 2.63. The third-order valence-corrected chi connectivity index (χ3v) is 4.51. The molecule has 0 amide bonds. The van der Waals surface area contributed by atoms with Crippen LogP contribution in [0.25, 0.3) is 10.9 Å². The van der Waals surface area contributed by atoms with Crippen molar-refractivity contribution < 1.29 is 9.47 Å². The number of nitrogens with zero attached hydrogens (tertiary/aromatic N) is 3. The first-order chi connectivity index (χ1) is 11.7. The lowest BCUT2D eigenvalue weighted by molar-refractivity contribution is 0.356. The van der Waals surface area contributed by atoms with E-state index in [4.69, 9.17) is 9.47 Å². The molecule has 24 heavy (non-hydrogen) atoms. The van der Waals surface area contributed by atoms with Gasteiger partial charge in [0.2, 0.25) is 0 Å². The predicted molar refractivity (Wildman–Crippen MR) is 94.5 cm³/mol. The zero-order valence-electron chi connectivity index (χ0n) is 14.0. The van der Waals surface area contributed by atoms with Gasteiger partial charge in [0.1, 0.15) is 12.1 Å². The van der Waals surface area contributed by atoms with Crippen molar-refractivity contribution in [2.24, 2.45) is 0 Å². The zero-order chi connectivity index (χ0) is 16.7. The molecule has 122 valence electrons. The van der Waals surface area contributed by atoms with Crippen molar-refractivity contribution in [3.63, 3.8) is 0 Å². The maximum absolute atomic E-state index is 5.45. The van der Waals surface area contributed by atoms with E-state index in [2.05, 4.69) is 40.0 Å². The van der Waals surface area contributed by atoms with E-state index in [9.17, 15) is 0 Å². The van der Waals surface area contributed by atoms with Crippen LogP contribution in [0.2, 0.25) is 0 Å². The zero-order valence-corrected chi connectivity index (χ0v) is 14.0. The average Bonchev–Trinajstić information content (AvgIpc) is 3.02. The Morgan fingerprint density at radius 1 is 1.00 bits per heavy atom. The Labute approximate surface area is 140 Å². The van der Waals surface area contributed by atoms with Crippen LogP contribution in [0.5, 0.6) is 11.5 Å². The number of rotatable bonds is 3. The Balaban J connectivity index is 1.89. The Morgan fingerprint density at radius 3 is 2.58 bits per heavy atom. The highest BCUT2D eigenvalue weighted by molar-refractivity contribution is 5.94. The van der Waals surface area contributed by atoms with Crippen LogP contribution in [0, 0.1) is 6.92 Å². The first-order valence-electron chi connectivity index (χ1n) is 7.95. The molecule has 0 atom stereocenters. The Bertz CT molecular complexity index is 924. The standard InChI is InChI=1S/C19H19N3O2/c1-12-4-5-16-13(8-12)6-7-22(16)19-14-9-17(23-2)18(24-3)10-15(14)20-11-21-19/h4-5,8-11H,6-7H2,1-3H3. The molecule has 0 saturated carbocycles. The fourth-order valence-electron chi connectivity index (χ4n) is 3.34. The SMILES string of the molecule is COc1cc2ncnc(N3CCc4cc(C)ccc43)c2cc1OC. The minimum Gasteiger partial charge on any atom is -0.493 e. The smallest absolute Gasteiger partial charge is 0.162 e. The molecule has 0 N–H and O–H groups in total. The number of anilines is 2. The monoisotopic (exact) mass is 321 g/mol. The fourth-order valence-corrected chi connectivity index (χ4v) is 3.34. The van der Waals surface area contributed by atoms with Crippen molar-refractivity contribution in [2.45, 2.75) is 13.3 Å². The van der Waals surface area contributed by atoms with Gasteiger partial charge in [-0.15, -0.1) is 0 Å². The van der Waals surface area contributed by atoms with E-state index in [-0.39, 0.29) is 0 Å². The van der Waals surface area contributed by atoms with E-state index >= 15 is 0 Å². The molecule has 5 nitrogen and oxygen atoms in total. The molecule has 0 fully saturated rings. The lowest BCUT2D eigenvalue weighted by Crippen LogP contribution is -2.15. The van der Waals surface area contributed by atoms with Gasteiger partial charge in [0.15, 0.2) is 11.5 Å². The summed E-state index contributed by atoms with van der Waals surface area (Å²) in [5, 5.41) is 0.962. The van der Waals surface area contributed by atoms with Crippen LogP contribution in [0.4, 0.5) is 11.5 Å². The van der Waals surface area contributed by atoms with Gasteiger partial charge in [0.25, 0.3) is 0 Å². The summed E-state index contributed by atoms with van der Waals surface area (Å²) >= 11 is 0. The molecule has 0 bridgehead atoms. The molecule has 1 aromatic heterocycles. The topological polar surface area (TPSA) is 47.5 Å². The van der Waals surface area contributed by atoms with E-state index in [1.807, 2.05) is 12.1 Å². The van der Waals surface area contributed by atoms with Gasteiger partial charge in [-0.05, 0) is 31.0 Å². The number of ether oxygens (including phenoxy) is 2. The highest BCUT2D eigenvalue weighted by Crippen LogP contribution is 2.39. The molecule has 0 saturated heterocycles. The Hall–Kier alpha value is -2.82. The molecular formula is C19H19N3O2. The molecule has 0 spiro atoms. The van der Waals surface area contributed by atoms with Crippen LogP contribution < -0.4 is 14.4 Å². The maximum atomic E-state index is 5.45. The number of aromatic nitrogens is 2. The molecule has 2 aromatic carbocycles. The van der Waals surface area contributed by atoms with Gasteiger partial charge < -0.3 is 14.4 Å². The number of aryl methyl sites for hydroxylation is 1. The van der Waals surface area contributed by atoms with Crippen LogP contribution in [0.15, 0.2) is 36.7 Å². The normalized spacial score (nSPS) is 13.2. The molecular weight excluding hydrogens is 302 g/mol. The quantitative estimate of drug-likeness (QED) is 0.737. The third kappa shape index (κ3) is 2.24. The Kier molecular flexibility index (Phi) is 3.49. The minimum atomic E-state index is 0.673. The van der Waals surface area contributed by atoms with Crippen LogP contribution in [0.3, 0.4) is 0 Å². The van der Waals surface area contributed by atoms with Crippen molar-refractivity contribution >= 4 is 22.4 Å². The van der Waals surface area contributed by atoms with Crippen molar-refractivity contribution in [1.82, 2.24) is 9.97 Å². The van der Waals surface area contributed by atoms with Gasteiger partial charge in [0, 0.05) is 23.7 Å². The summed E-state index contributed by atoms with van der Waals surface area (Å²) in [5.74, 6) is 2.26. The van der Waals surface area contributed by atoms with E-state index in [0.717, 1.165) is 29.7 Å². The lowest BCUT2D eigenvalue weighted by atomic mass is 10.1. The summed E-state index contributed by atoms with van der Waals surface area (Å²) in [5.41, 5.74) is 4.71. The van der Waals surface area contributed by atoms with Crippen LogP contribution in [-0.4, -0.2) is 30.7 Å². The molecule has 1 aliphatic heterocycles. The summed E-state index contributed by atoms with van der Waals surface area (Å²) in [6, 6.07) is 10.4. The number of benzene rings is 2. The second kappa shape index (κ2) is 5.67. The predicted octanol–water partition coefficient (Wildman–Crippen LogP) is 3.65. The summed E-state index contributed by atoms with van der Waals surface area (Å²) < 4.78 is 10.8. The Morgan fingerprint density at radius 2 is 1.79 bits per heavy atom. The first-order valence-corrected chi connectivity index (χ1v) is 7.95. The number of hydrogen-bond acceptors (Lipinski definition) is 5. The summed E-state index contributed by atoms with van der Waals surface area (Å²) in [4.78, 5) is 11.2. The first kappa shape index (κ1) is 14.8. The molecule has 0 radical (unpaired) electrons. The maximum Gasteiger partial charge on any atom is 0.162 e. The lowest BCUT2D eigenvalue weighted by Gasteiger charge is -2.20. The summed E-state index contributed by atoms with van der Waals surface area (Å²) in [7, 11) is 3.27. The van der Waals surface area contributed by atoms with E-state index in [1.165, 1.54) is 16.8 Å². The summed E-state index contributed by atoms with van der Waals surface area (Å²) in [6.45, 7) is 3.04. The molecule has 0 aliphatic carbocycles. The number of methoxy groups -OCH3 is 2. The molecule has 3 aromatic rings. The van der Waals surface area contributed by atoms with E-state index in [1.54, 1.807) is 20.5 Å². The van der Waals surface area contributed by atoms with Crippen LogP contribution in [-0.2, 0) is 6.42 Å². The second-order valence-corrected chi connectivity index (χ2v) is 5.96. The van der Waals surface area contributed by atoms with Gasteiger partial charge in [-0.25, -0.2) is 9.97 Å². The van der Waals surface area contributed by atoms with Crippen molar-refractivity contribution in [2.75, 3.05) is 25.7 Å². The molecule has 4 rings (SSSR count). The number of fused-ring (bicyclic) bond motifs is 2. The van der Waals surface area contributed by atoms with Crippen LogP contribution in [0.1, 0.15) is 11.1 Å². The van der Waals surface area contributed by atoms with Crippen LogP contribution >= 0.6 is 0 Å². The highest BCUT2D eigenvalue weighted by Gasteiger charge is 2.23. The average molecular weight is 321 g/mol. The molecule has 1 aliphatic rings. The highest BCUT2D eigenvalue weighted by atomic mass is 16.5. The number of hydrogen-bond donors (Lipinski definition) is 0. The fraction of sp³-hybridized carbons (Fsp3) is 0.263. The van der Waals surface area contributed by atoms with Crippen molar-refractivity contribution in [3.05, 3.63) is 47.8 Å². The molecule has 0 unspecified atom stereocenters. The van der Waals surface area contributed by atoms with E-state index in [0.29, 0.717) is 11.5 Å². The van der Waals surface area contributed by atoms with E-state index < -0.39 is 0 Å². The molecule has 5 heteroatoms. The van der Waals surface area contributed by atoms with Crippen molar-refractivity contribution in [1.29, 1.82) is 0 Å².